The Morgan fingerprint density at radius 1 is 1.18 bits per heavy atom. The Labute approximate surface area is 136 Å². The fourth-order valence-electron chi connectivity index (χ4n) is 2.21. The number of halogens is 1. The largest absolute Gasteiger partial charge is 0.355 e. The van der Waals surface area contributed by atoms with Crippen molar-refractivity contribution in [1.82, 2.24) is 10.3 Å². The van der Waals surface area contributed by atoms with Gasteiger partial charge in [0.2, 0.25) is 5.91 Å². The molecule has 1 amide bonds. The van der Waals surface area contributed by atoms with Crippen molar-refractivity contribution < 1.29 is 4.79 Å². The highest BCUT2D eigenvalue weighted by Gasteiger charge is 2.21. The third kappa shape index (κ3) is 4.85. The van der Waals surface area contributed by atoms with E-state index in [9.17, 15) is 4.79 Å². The van der Waals surface area contributed by atoms with E-state index in [-0.39, 0.29) is 11.8 Å². The first-order valence-electron chi connectivity index (χ1n) is 7.49. The molecule has 0 aliphatic heterocycles. The molecule has 4 heteroatoms. The predicted octanol–water partition coefficient (Wildman–Crippen LogP) is 3.83. The van der Waals surface area contributed by atoms with E-state index in [1.807, 2.05) is 42.5 Å². The minimum Gasteiger partial charge on any atom is -0.355 e. The summed E-state index contributed by atoms with van der Waals surface area (Å²) < 4.78 is 0. The van der Waals surface area contributed by atoms with Crippen LogP contribution in [0, 0.1) is 5.92 Å². The minimum absolute atomic E-state index is 0.0293. The standard InChI is InChI=1S/C18H21ClN2O/c1-13(2)12-21-18(22)17(11-16-5-3-4-10-20-16)14-6-8-15(19)9-7-14/h3-10,13,17H,11-12H2,1-2H3,(H,21,22). The summed E-state index contributed by atoms with van der Waals surface area (Å²) in [6.45, 7) is 4.83. The number of benzene rings is 1. The molecule has 1 heterocycles. The molecular formula is C18H21ClN2O. The van der Waals surface area contributed by atoms with Gasteiger partial charge < -0.3 is 5.32 Å². The first-order valence-corrected chi connectivity index (χ1v) is 7.87. The van der Waals surface area contributed by atoms with Gasteiger partial charge in [0.05, 0.1) is 5.92 Å². The second kappa shape index (κ2) is 7.95. The number of carbonyl (C=O) groups is 1. The first kappa shape index (κ1) is 16.5. The molecule has 0 radical (unpaired) electrons. The molecule has 2 aromatic rings. The quantitative estimate of drug-likeness (QED) is 0.880. The molecule has 0 aliphatic rings. The van der Waals surface area contributed by atoms with Crippen molar-refractivity contribution in [2.45, 2.75) is 26.2 Å². The summed E-state index contributed by atoms with van der Waals surface area (Å²) in [7, 11) is 0. The van der Waals surface area contributed by atoms with Gasteiger partial charge in [-0.05, 0) is 35.7 Å². The minimum atomic E-state index is -0.258. The molecule has 0 aliphatic carbocycles. The van der Waals surface area contributed by atoms with Crippen LogP contribution < -0.4 is 5.32 Å². The Morgan fingerprint density at radius 3 is 2.50 bits per heavy atom. The van der Waals surface area contributed by atoms with Crippen LogP contribution >= 0.6 is 11.6 Å². The molecule has 2 rings (SSSR count). The van der Waals surface area contributed by atoms with E-state index in [1.54, 1.807) is 6.20 Å². The number of rotatable bonds is 6. The van der Waals surface area contributed by atoms with Gasteiger partial charge in [-0.2, -0.15) is 0 Å². The molecule has 0 saturated carbocycles. The summed E-state index contributed by atoms with van der Waals surface area (Å²) in [6, 6.07) is 13.2. The molecule has 22 heavy (non-hydrogen) atoms. The van der Waals surface area contributed by atoms with E-state index < -0.39 is 0 Å². The zero-order valence-electron chi connectivity index (χ0n) is 12.9. The second-order valence-electron chi connectivity index (χ2n) is 5.77. The van der Waals surface area contributed by atoms with Crippen molar-refractivity contribution in [1.29, 1.82) is 0 Å². The van der Waals surface area contributed by atoms with Crippen molar-refractivity contribution in [3.05, 3.63) is 64.9 Å². The number of aromatic nitrogens is 1. The van der Waals surface area contributed by atoms with Gasteiger partial charge in [0.15, 0.2) is 0 Å². The third-order valence-electron chi connectivity index (χ3n) is 3.41. The summed E-state index contributed by atoms with van der Waals surface area (Å²) in [5.41, 5.74) is 1.86. The van der Waals surface area contributed by atoms with Gasteiger partial charge in [0, 0.05) is 29.9 Å². The Bertz CT molecular complexity index is 596. The van der Waals surface area contributed by atoms with Crippen LogP contribution in [0.15, 0.2) is 48.7 Å². The maximum Gasteiger partial charge on any atom is 0.227 e. The molecule has 1 aromatic heterocycles. The third-order valence-corrected chi connectivity index (χ3v) is 3.66. The SMILES string of the molecule is CC(C)CNC(=O)C(Cc1ccccn1)c1ccc(Cl)cc1. The van der Waals surface area contributed by atoms with Crippen LogP contribution in [-0.4, -0.2) is 17.4 Å². The normalized spacial score (nSPS) is 12.2. The molecule has 1 unspecified atom stereocenters. The number of nitrogens with one attached hydrogen (secondary N) is 1. The lowest BCUT2D eigenvalue weighted by atomic mass is 9.93. The summed E-state index contributed by atoms with van der Waals surface area (Å²) in [5.74, 6) is 0.192. The topological polar surface area (TPSA) is 42.0 Å². The maximum absolute atomic E-state index is 12.6. The summed E-state index contributed by atoms with van der Waals surface area (Å²) in [6.07, 6.45) is 2.33. The number of carbonyl (C=O) groups excluding carboxylic acids is 1. The summed E-state index contributed by atoms with van der Waals surface area (Å²) >= 11 is 5.95. The van der Waals surface area contributed by atoms with Crippen LogP contribution in [0.5, 0.6) is 0 Å². The molecule has 3 nitrogen and oxygen atoms in total. The van der Waals surface area contributed by atoms with E-state index in [0.29, 0.717) is 23.9 Å². The van der Waals surface area contributed by atoms with Gasteiger partial charge in [-0.1, -0.05) is 43.6 Å². The Morgan fingerprint density at radius 2 is 1.91 bits per heavy atom. The molecule has 0 saturated heterocycles. The van der Waals surface area contributed by atoms with E-state index in [1.165, 1.54) is 0 Å². The smallest absolute Gasteiger partial charge is 0.227 e. The van der Waals surface area contributed by atoms with Crippen LogP contribution in [0.1, 0.15) is 31.0 Å². The molecular weight excluding hydrogens is 296 g/mol. The summed E-state index contributed by atoms with van der Waals surface area (Å²) in [4.78, 5) is 16.9. The highest BCUT2D eigenvalue weighted by atomic mass is 35.5. The maximum atomic E-state index is 12.6. The van der Waals surface area contributed by atoms with E-state index in [0.717, 1.165) is 11.3 Å². The van der Waals surface area contributed by atoms with Crippen molar-refractivity contribution in [2.75, 3.05) is 6.54 Å². The highest BCUT2D eigenvalue weighted by Crippen LogP contribution is 2.22. The number of pyridine rings is 1. The molecule has 0 fully saturated rings. The molecule has 0 bridgehead atoms. The molecule has 1 aromatic carbocycles. The fourth-order valence-corrected chi connectivity index (χ4v) is 2.34. The lowest BCUT2D eigenvalue weighted by molar-refractivity contribution is -0.122. The molecule has 1 atom stereocenters. The molecule has 1 N–H and O–H groups in total. The number of hydrogen-bond acceptors (Lipinski definition) is 2. The van der Waals surface area contributed by atoms with Crippen molar-refractivity contribution in [2.24, 2.45) is 5.92 Å². The Kier molecular flexibility index (Phi) is 5.96. The number of hydrogen-bond donors (Lipinski definition) is 1. The molecule has 0 spiro atoms. The van der Waals surface area contributed by atoms with Crippen LogP contribution in [-0.2, 0) is 11.2 Å². The van der Waals surface area contributed by atoms with Gasteiger partial charge in [-0.25, -0.2) is 0 Å². The van der Waals surface area contributed by atoms with Crippen LogP contribution in [0.2, 0.25) is 5.02 Å². The highest BCUT2D eigenvalue weighted by molar-refractivity contribution is 6.30. The summed E-state index contributed by atoms with van der Waals surface area (Å²) in [5, 5.41) is 3.69. The monoisotopic (exact) mass is 316 g/mol. The van der Waals surface area contributed by atoms with Gasteiger partial charge >= 0.3 is 0 Å². The van der Waals surface area contributed by atoms with Crippen molar-refractivity contribution in [3.63, 3.8) is 0 Å². The fraction of sp³-hybridized carbons (Fsp3) is 0.333. The number of amides is 1. The van der Waals surface area contributed by atoms with E-state index >= 15 is 0 Å². The van der Waals surface area contributed by atoms with Crippen LogP contribution in [0.25, 0.3) is 0 Å². The van der Waals surface area contributed by atoms with E-state index in [4.69, 9.17) is 11.6 Å². The average molecular weight is 317 g/mol. The lowest BCUT2D eigenvalue weighted by Crippen LogP contribution is -2.33. The van der Waals surface area contributed by atoms with Gasteiger partial charge in [0.25, 0.3) is 0 Å². The van der Waals surface area contributed by atoms with E-state index in [2.05, 4.69) is 24.1 Å². The average Bonchev–Trinajstić information content (AvgIpc) is 2.52. The van der Waals surface area contributed by atoms with Gasteiger partial charge in [-0.3, -0.25) is 9.78 Å². The molecule has 116 valence electrons. The van der Waals surface area contributed by atoms with Crippen LogP contribution in [0.4, 0.5) is 0 Å². The van der Waals surface area contributed by atoms with Crippen molar-refractivity contribution >= 4 is 17.5 Å². The zero-order valence-corrected chi connectivity index (χ0v) is 13.7. The Hall–Kier alpha value is -1.87. The van der Waals surface area contributed by atoms with Crippen molar-refractivity contribution in [3.8, 4) is 0 Å². The van der Waals surface area contributed by atoms with Crippen LogP contribution in [0.3, 0.4) is 0 Å². The number of nitrogens with zero attached hydrogens (tertiary/aromatic N) is 1. The lowest BCUT2D eigenvalue weighted by Gasteiger charge is -2.18. The van der Waals surface area contributed by atoms with Gasteiger partial charge in [-0.15, -0.1) is 0 Å². The zero-order chi connectivity index (χ0) is 15.9. The second-order valence-corrected chi connectivity index (χ2v) is 6.20. The predicted molar refractivity (Wildman–Crippen MR) is 90.0 cm³/mol. The Balaban J connectivity index is 2.20. The first-order chi connectivity index (χ1) is 10.6. The van der Waals surface area contributed by atoms with Gasteiger partial charge in [0.1, 0.15) is 0 Å².